The van der Waals surface area contributed by atoms with Crippen LogP contribution in [0.15, 0.2) is 42.5 Å². The molecule has 0 saturated heterocycles. The zero-order chi connectivity index (χ0) is 21.0. The van der Waals surface area contributed by atoms with Gasteiger partial charge in [-0.05, 0) is 72.7 Å². The Morgan fingerprint density at radius 3 is 2.41 bits per heavy atom. The lowest BCUT2D eigenvalue weighted by Gasteiger charge is -2.36. The van der Waals surface area contributed by atoms with Gasteiger partial charge in [0.05, 0.1) is 12.2 Å². The van der Waals surface area contributed by atoms with Crippen molar-refractivity contribution in [3.63, 3.8) is 0 Å². The molecule has 4 heteroatoms. The molecular formula is C25H26O3S. The van der Waals surface area contributed by atoms with Crippen molar-refractivity contribution < 1.29 is 14.3 Å². The smallest absolute Gasteiger partial charge is 0.338 e. The number of ether oxygens (including phenoxy) is 1. The van der Waals surface area contributed by atoms with Crippen LogP contribution in [0.3, 0.4) is 0 Å². The van der Waals surface area contributed by atoms with Gasteiger partial charge in [-0.3, -0.25) is 4.79 Å². The number of benzene rings is 2. The molecule has 2 aromatic carbocycles. The van der Waals surface area contributed by atoms with Crippen molar-refractivity contribution >= 4 is 24.4 Å². The Balaban J connectivity index is 1.87. The summed E-state index contributed by atoms with van der Waals surface area (Å²) in [6, 6.07) is 13.3. The minimum atomic E-state index is -0.325. The van der Waals surface area contributed by atoms with E-state index in [4.69, 9.17) is 4.74 Å². The molecule has 0 spiro atoms. The Morgan fingerprint density at radius 2 is 1.76 bits per heavy atom. The zero-order valence-corrected chi connectivity index (χ0v) is 18.0. The van der Waals surface area contributed by atoms with Gasteiger partial charge in [0.2, 0.25) is 0 Å². The maximum Gasteiger partial charge on any atom is 0.338 e. The molecule has 1 aliphatic rings. The molecule has 1 aliphatic carbocycles. The number of Topliss-reactive ketones (excluding diaryl/α,β-unsaturated/α-hetero) is 1. The first-order valence-electron chi connectivity index (χ1n) is 9.93. The number of hydrogen-bond donors (Lipinski definition) is 1. The second-order valence-electron chi connectivity index (χ2n) is 7.95. The van der Waals surface area contributed by atoms with Gasteiger partial charge in [0, 0.05) is 22.8 Å². The van der Waals surface area contributed by atoms with Crippen LogP contribution in [0.25, 0.3) is 0 Å². The summed E-state index contributed by atoms with van der Waals surface area (Å²) in [6.07, 6.45) is 1.84. The molecular weight excluding hydrogens is 380 g/mol. The molecule has 0 amide bonds. The molecule has 0 aromatic heterocycles. The molecule has 1 unspecified atom stereocenters. The standard InChI is InChI=1S/C25H26O3S/c1-4-28-24(27)19-10-7-17(8-11-19)5-6-18-9-12-20-21(23(26)16-29)13-14-25(2,3)22(20)15-18/h7-12,15,21,29H,4,13-14,16H2,1-3H3. The van der Waals surface area contributed by atoms with Gasteiger partial charge in [-0.2, -0.15) is 12.6 Å². The van der Waals surface area contributed by atoms with E-state index in [1.807, 2.05) is 18.2 Å². The lowest BCUT2D eigenvalue weighted by molar-refractivity contribution is -0.118. The third-order valence-electron chi connectivity index (χ3n) is 5.51. The van der Waals surface area contributed by atoms with Crippen molar-refractivity contribution in [3.05, 3.63) is 70.3 Å². The summed E-state index contributed by atoms with van der Waals surface area (Å²) in [5.74, 6) is 6.44. The molecule has 29 heavy (non-hydrogen) atoms. The Labute approximate surface area is 178 Å². The monoisotopic (exact) mass is 406 g/mol. The molecule has 150 valence electrons. The number of rotatable bonds is 4. The first kappa shape index (κ1) is 21.2. The lowest BCUT2D eigenvalue weighted by atomic mass is 9.67. The molecule has 3 rings (SSSR count). The number of hydrogen-bond acceptors (Lipinski definition) is 4. The van der Waals surface area contributed by atoms with Gasteiger partial charge in [-0.15, -0.1) is 0 Å². The predicted octanol–water partition coefficient (Wildman–Crippen LogP) is 4.92. The molecule has 0 saturated carbocycles. The Kier molecular flexibility index (Phi) is 6.49. The van der Waals surface area contributed by atoms with E-state index in [0.29, 0.717) is 12.2 Å². The van der Waals surface area contributed by atoms with E-state index >= 15 is 0 Å². The summed E-state index contributed by atoms with van der Waals surface area (Å²) in [6.45, 7) is 6.58. The van der Waals surface area contributed by atoms with Crippen molar-refractivity contribution in [2.75, 3.05) is 12.4 Å². The van der Waals surface area contributed by atoms with E-state index < -0.39 is 0 Å². The van der Waals surface area contributed by atoms with Crippen molar-refractivity contribution in [2.24, 2.45) is 0 Å². The van der Waals surface area contributed by atoms with Crippen molar-refractivity contribution in [3.8, 4) is 11.8 Å². The molecule has 0 radical (unpaired) electrons. The van der Waals surface area contributed by atoms with Crippen LogP contribution in [-0.4, -0.2) is 24.1 Å². The molecule has 0 bridgehead atoms. The average Bonchev–Trinajstić information content (AvgIpc) is 2.72. The summed E-state index contributed by atoms with van der Waals surface area (Å²) >= 11 is 4.19. The predicted molar refractivity (Wildman–Crippen MR) is 119 cm³/mol. The number of thiol groups is 1. The number of carbonyl (C=O) groups excluding carboxylic acids is 2. The Morgan fingerprint density at radius 1 is 1.10 bits per heavy atom. The summed E-state index contributed by atoms with van der Waals surface area (Å²) < 4.78 is 5.00. The molecule has 0 aliphatic heterocycles. The van der Waals surface area contributed by atoms with Crippen molar-refractivity contribution in [2.45, 2.75) is 44.9 Å². The normalized spacial score (nSPS) is 16.9. The van der Waals surface area contributed by atoms with Gasteiger partial charge in [0.25, 0.3) is 0 Å². The van der Waals surface area contributed by atoms with E-state index in [9.17, 15) is 9.59 Å². The summed E-state index contributed by atoms with van der Waals surface area (Å²) in [4.78, 5) is 24.1. The quantitative estimate of drug-likeness (QED) is 0.445. The second-order valence-corrected chi connectivity index (χ2v) is 8.27. The van der Waals surface area contributed by atoms with E-state index in [0.717, 1.165) is 29.5 Å². The molecule has 0 fully saturated rings. The second kappa shape index (κ2) is 8.88. The Bertz CT molecular complexity index is 977. The fraction of sp³-hybridized carbons (Fsp3) is 0.360. The average molecular weight is 407 g/mol. The minimum absolute atomic E-state index is 0.0156. The highest BCUT2D eigenvalue weighted by Crippen LogP contribution is 2.43. The van der Waals surface area contributed by atoms with Crippen LogP contribution in [-0.2, 0) is 14.9 Å². The maximum absolute atomic E-state index is 12.3. The van der Waals surface area contributed by atoms with Crippen molar-refractivity contribution in [1.29, 1.82) is 0 Å². The molecule has 3 nitrogen and oxygen atoms in total. The highest BCUT2D eigenvalue weighted by molar-refractivity contribution is 7.81. The lowest BCUT2D eigenvalue weighted by Crippen LogP contribution is -2.30. The summed E-state index contributed by atoms with van der Waals surface area (Å²) in [5.41, 5.74) is 4.61. The SMILES string of the molecule is CCOC(=O)c1ccc(C#Cc2ccc3c(c2)C(C)(C)CCC3C(=O)CS)cc1. The summed E-state index contributed by atoms with van der Waals surface area (Å²) in [7, 11) is 0. The fourth-order valence-corrected chi connectivity index (χ4v) is 4.03. The first-order valence-corrected chi connectivity index (χ1v) is 10.6. The first-order chi connectivity index (χ1) is 13.9. The highest BCUT2D eigenvalue weighted by atomic mass is 32.1. The third kappa shape index (κ3) is 4.74. The van der Waals surface area contributed by atoms with Crippen LogP contribution >= 0.6 is 12.6 Å². The molecule has 0 heterocycles. The van der Waals surface area contributed by atoms with E-state index in [1.54, 1.807) is 19.1 Å². The van der Waals surface area contributed by atoms with Gasteiger partial charge in [-0.1, -0.05) is 31.8 Å². The Hall–Kier alpha value is -2.51. The molecule has 0 N–H and O–H groups in total. The molecule has 2 aromatic rings. The zero-order valence-electron chi connectivity index (χ0n) is 17.1. The number of ketones is 1. The third-order valence-corrected chi connectivity index (χ3v) is 5.82. The largest absolute Gasteiger partial charge is 0.462 e. The number of carbonyl (C=O) groups is 2. The van der Waals surface area contributed by atoms with Crippen LogP contribution in [0, 0.1) is 11.8 Å². The van der Waals surface area contributed by atoms with Crippen LogP contribution in [0.1, 0.15) is 72.1 Å². The van der Waals surface area contributed by atoms with Gasteiger partial charge >= 0.3 is 5.97 Å². The number of esters is 1. The molecule has 1 atom stereocenters. The maximum atomic E-state index is 12.3. The van der Waals surface area contributed by atoms with Crippen LogP contribution in [0.2, 0.25) is 0 Å². The fourth-order valence-electron chi connectivity index (χ4n) is 3.81. The van der Waals surface area contributed by atoms with Gasteiger partial charge < -0.3 is 4.74 Å². The van der Waals surface area contributed by atoms with Crippen LogP contribution in [0.5, 0.6) is 0 Å². The van der Waals surface area contributed by atoms with Crippen LogP contribution in [0.4, 0.5) is 0 Å². The van der Waals surface area contributed by atoms with Crippen molar-refractivity contribution in [1.82, 2.24) is 0 Å². The van der Waals surface area contributed by atoms with E-state index in [-0.39, 0.29) is 28.8 Å². The number of fused-ring (bicyclic) bond motifs is 1. The summed E-state index contributed by atoms with van der Waals surface area (Å²) in [5, 5.41) is 0. The minimum Gasteiger partial charge on any atom is -0.462 e. The van der Waals surface area contributed by atoms with E-state index in [1.165, 1.54) is 5.56 Å². The van der Waals surface area contributed by atoms with Gasteiger partial charge in [-0.25, -0.2) is 4.79 Å². The topological polar surface area (TPSA) is 43.4 Å². The van der Waals surface area contributed by atoms with Gasteiger partial charge in [0.15, 0.2) is 0 Å². The van der Waals surface area contributed by atoms with E-state index in [2.05, 4.69) is 50.4 Å². The highest BCUT2D eigenvalue weighted by Gasteiger charge is 2.35. The van der Waals surface area contributed by atoms with Gasteiger partial charge in [0.1, 0.15) is 5.78 Å². The van der Waals surface area contributed by atoms with Crippen LogP contribution < -0.4 is 0 Å².